The molecule has 1 aliphatic carbocycles. The van der Waals surface area contributed by atoms with Gasteiger partial charge in [0.15, 0.2) is 0 Å². The van der Waals surface area contributed by atoms with E-state index in [0.717, 1.165) is 18.5 Å². The summed E-state index contributed by atoms with van der Waals surface area (Å²) in [4.78, 5) is 8.12. The molecule has 0 aromatic carbocycles. The fraction of sp³-hybridized carbons (Fsp3) is 0.455. The highest BCUT2D eigenvalue weighted by Gasteiger charge is 2.17. The van der Waals surface area contributed by atoms with Gasteiger partial charge in [0, 0.05) is 18.8 Å². The Hall–Kier alpha value is -1.26. The molecule has 1 aliphatic rings. The number of nitrogens with two attached hydrogens (primary N) is 1. The summed E-state index contributed by atoms with van der Waals surface area (Å²) in [6, 6.07) is 2.55. The Morgan fingerprint density at radius 2 is 2.27 bits per heavy atom. The van der Waals surface area contributed by atoms with Crippen LogP contribution in [0.25, 0.3) is 0 Å². The zero-order valence-corrected chi connectivity index (χ0v) is 8.63. The zero-order chi connectivity index (χ0) is 10.5. The molecule has 1 unspecified atom stereocenters. The van der Waals surface area contributed by atoms with E-state index >= 15 is 0 Å². The molecule has 0 radical (unpaired) electrons. The highest BCUT2D eigenvalue weighted by Crippen LogP contribution is 2.15. The van der Waals surface area contributed by atoms with E-state index in [2.05, 4.69) is 27.4 Å². The number of rotatable bonds is 4. The maximum absolute atomic E-state index is 5.74. The molecule has 0 aliphatic heterocycles. The van der Waals surface area contributed by atoms with Gasteiger partial charge in [-0.15, -0.1) is 0 Å². The van der Waals surface area contributed by atoms with Crippen LogP contribution in [0.15, 0.2) is 30.7 Å². The van der Waals surface area contributed by atoms with Gasteiger partial charge in [-0.05, 0) is 18.9 Å². The van der Waals surface area contributed by atoms with Crippen molar-refractivity contribution in [2.75, 3.05) is 6.54 Å². The lowest BCUT2D eigenvalue weighted by Crippen LogP contribution is -2.35. The standard InChI is InChI=1S/C11H16N4/c12-7-11(10-5-6-13-8-14-10)15-9-3-1-2-4-9/h1-2,5-6,8-9,11,15H,3-4,7,12H2. The fourth-order valence-corrected chi connectivity index (χ4v) is 1.82. The average molecular weight is 204 g/mol. The molecule has 0 bridgehead atoms. The first-order valence-corrected chi connectivity index (χ1v) is 5.27. The molecule has 0 saturated carbocycles. The van der Waals surface area contributed by atoms with Gasteiger partial charge in [-0.3, -0.25) is 0 Å². The Kier molecular flexibility index (Phi) is 3.42. The van der Waals surface area contributed by atoms with Crippen molar-refractivity contribution in [3.63, 3.8) is 0 Å². The number of aromatic nitrogens is 2. The highest BCUT2D eigenvalue weighted by molar-refractivity contribution is 5.07. The molecule has 80 valence electrons. The van der Waals surface area contributed by atoms with Gasteiger partial charge in [-0.1, -0.05) is 12.2 Å². The van der Waals surface area contributed by atoms with E-state index < -0.39 is 0 Å². The molecule has 4 nitrogen and oxygen atoms in total. The Labute approximate surface area is 89.6 Å². The third kappa shape index (κ3) is 2.61. The van der Waals surface area contributed by atoms with Crippen LogP contribution in [0.5, 0.6) is 0 Å². The average Bonchev–Trinajstić information content (AvgIpc) is 2.80. The smallest absolute Gasteiger partial charge is 0.115 e. The van der Waals surface area contributed by atoms with Gasteiger partial charge in [-0.25, -0.2) is 9.97 Å². The van der Waals surface area contributed by atoms with E-state index in [1.165, 1.54) is 0 Å². The quantitative estimate of drug-likeness (QED) is 0.712. The summed E-state index contributed by atoms with van der Waals surface area (Å²) in [5.74, 6) is 0. The summed E-state index contributed by atoms with van der Waals surface area (Å²) in [5, 5.41) is 3.50. The van der Waals surface area contributed by atoms with Crippen molar-refractivity contribution in [2.24, 2.45) is 5.73 Å². The third-order valence-electron chi connectivity index (χ3n) is 2.64. The Morgan fingerprint density at radius 3 is 2.87 bits per heavy atom. The lowest BCUT2D eigenvalue weighted by molar-refractivity contribution is 0.446. The number of hydrogen-bond acceptors (Lipinski definition) is 4. The fourth-order valence-electron chi connectivity index (χ4n) is 1.82. The van der Waals surface area contributed by atoms with Gasteiger partial charge >= 0.3 is 0 Å². The molecule has 0 spiro atoms. The summed E-state index contributed by atoms with van der Waals surface area (Å²) in [6.07, 6.45) is 9.88. The maximum atomic E-state index is 5.74. The van der Waals surface area contributed by atoms with Crippen molar-refractivity contribution >= 4 is 0 Å². The first kappa shape index (κ1) is 10.3. The minimum atomic E-state index is 0.137. The molecule has 0 fully saturated rings. The molecule has 0 saturated heterocycles. The molecule has 1 atom stereocenters. The second-order valence-electron chi connectivity index (χ2n) is 3.73. The molecule has 2 rings (SSSR count). The summed E-state index contributed by atoms with van der Waals surface area (Å²) >= 11 is 0. The van der Waals surface area contributed by atoms with Crippen LogP contribution in [0.3, 0.4) is 0 Å². The lowest BCUT2D eigenvalue weighted by Gasteiger charge is -2.20. The maximum Gasteiger partial charge on any atom is 0.115 e. The van der Waals surface area contributed by atoms with Crippen LogP contribution in [-0.4, -0.2) is 22.6 Å². The monoisotopic (exact) mass is 204 g/mol. The minimum absolute atomic E-state index is 0.137. The highest BCUT2D eigenvalue weighted by atomic mass is 15.0. The molecule has 0 amide bonds. The van der Waals surface area contributed by atoms with Crippen LogP contribution in [0.4, 0.5) is 0 Å². The normalized spacial score (nSPS) is 18.2. The molecule has 15 heavy (non-hydrogen) atoms. The van der Waals surface area contributed by atoms with Crippen molar-refractivity contribution in [2.45, 2.75) is 24.9 Å². The topological polar surface area (TPSA) is 63.8 Å². The first-order valence-electron chi connectivity index (χ1n) is 5.27. The Balaban J connectivity index is 1.98. The van der Waals surface area contributed by atoms with Crippen molar-refractivity contribution in [1.29, 1.82) is 0 Å². The summed E-state index contributed by atoms with van der Waals surface area (Å²) in [6.45, 7) is 0.563. The molecule has 1 aromatic rings. The van der Waals surface area contributed by atoms with Crippen LogP contribution in [0, 0.1) is 0 Å². The predicted molar refractivity (Wildman–Crippen MR) is 59.1 cm³/mol. The van der Waals surface area contributed by atoms with E-state index in [1.54, 1.807) is 12.5 Å². The molecular formula is C11H16N4. The third-order valence-corrected chi connectivity index (χ3v) is 2.64. The van der Waals surface area contributed by atoms with Crippen LogP contribution in [0.1, 0.15) is 24.6 Å². The summed E-state index contributed by atoms with van der Waals surface area (Å²) in [5.41, 5.74) is 6.71. The van der Waals surface area contributed by atoms with Crippen LogP contribution in [0.2, 0.25) is 0 Å². The van der Waals surface area contributed by atoms with E-state index in [-0.39, 0.29) is 6.04 Å². The molecule has 4 heteroatoms. The van der Waals surface area contributed by atoms with Gasteiger partial charge in [0.25, 0.3) is 0 Å². The van der Waals surface area contributed by atoms with E-state index in [9.17, 15) is 0 Å². The van der Waals surface area contributed by atoms with E-state index in [4.69, 9.17) is 5.73 Å². The zero-order valence-electron chi connectivity index (χ0n) is 8.63. The van der Waals surface area contributed by atoms with Crippen molar-refractivity contribution in [3.8, 4) is 0 Å². The molecule has 3 N–H and O–H groups in total. The second-order valence-corrected chi connectivity index (χ2v) is 3.73. The number of nitrogens with zero attached hydrogens (tertiary/aromatic N) is 2. The molecular weight excluding hydrogens is 188 g/mol. The summed E-state index contributed by atoms with van der Waals surface area (Å²) in [7, 11) is 0. The van der Waals surface area contributed by atoms with Gasteiger partial charge < -0.3 is 11.1 Å². The van der Waals surface area contributed by atoms with Crippen LogP contribution in [-0.2, 0) is 0 Å². The van der Waals surface area contributed by atoms with Crippen LogP contribution >= 0.6 is 0 Å². The van der Waals surface area contributed by atoms with Gasteiger partial charge in [0.05, 0.1) is 11.7 Å². The lowest BCUT2D eigenvalue weighted by atomic mass is 10.1. The minimum Gasteiger partial charge on any atom is -0.329 e. The van der Waals surface area contributed by atoms with Crippen molar-refractivity contribution in [1.82, 2.24) is 15.3 Å². The largest absolute Gasteiger partial charge is 0.329 e. The number of nitrogens with one attached hydrogen (secondary N) is 1. The van der Waals surface area contributed by atoms with Gasteiger partial charge in [-0.2, -0.15) is 0 Å². The van der Waals surface area contributed by atoms with Gasteiger partial charge in [0.1, 0.15) is 6.33 Å². The van der Waals surface area contributed by atoms with E-state index in [1.807, 2.05) is 6.07 Å². The SMILES string of the molecule is NCC(NC1CC=CC1)c1ccncn1. The Bertz CT molecular complexity index is 315. The first-order chi connectivity index (χ1) is 7.40. The Morgan fingerprint density at radius 1 is 1.47 bits per heavy atom. The van der Waals surface area contributed by atoms with Crippen LogP contribution < -0.4 is 11.1 Å². The molecule has 1 heterocycles. The van der Waals surface area contributed by atoms with E-state index in [0.29, 0.717) is 12.6 Å². The van der Waals surface area contributed by atoms with Crippen molar-refractivity contribution in [3.05, 3.63) is 36.4 Å². The molecule has 1 aromatic heterocycles. The van der Waals surface area contributed by atoms with Crippen molar-refractivity contribution < 1.29 is 0 Å². The van der Waals surface area contributed by atoms with Gasteiger partial charge in [0.2, 0.25) is 0 Å². The predicted octanol–water partition coefficient (Wildman–Crippen LogP) is 0.785. The number of hydrogen-bond donors (Lipinski definition) is 2. The second kappa shape index (κ2) is 5.00. The summed E-state index contributed by atoms with van der Waals surface area (Å²) < 4.78 is 0.